The van der Waals surface area contributed by atoms with Crippen molar-refractivity contribution in [2.45, 2.75) is 44.8 Å². The Labute approximate surface area is 116 Å². The van der Waals surface area contributed by atoms with Gasteiger partial charge in [-0.15, -0.1) is 11.3 Å². The number of hydrogen-bond acceptors (Lipinski definition) is 5. The van der Waals surface area contributed by atoms with E-state index >= 15 is 0 Å². The largest absolute Gasteiger partial charge is 0.465 e. The fourth-order valence-electron chi connectivity index (χ4n) is 2.19. The number of thiazole rings is 1. The number of fused-ring (bicyclic) bond motifs is 1. The molecule has 1 aliphatic rings. The monoisotopic (exact) mass is 285 g/mol. The van der Waals surface area contributed by atoms with Crippen LogP contribution in [0.15, 0.2) is 0 Å². The van der Waals surface area contributed by atoms with Gasteiger partial charge in [-0.25, -0.2) is 4.98 Å². The highest BCUT2D eigenvalue weighted by atomic mass is 32.2. The van der Waals surface area contributed by atoms with E-state index in [1.165, 1.54) is 4.88 Å². The van der Waals surface area contributed by atoms with Gasteiger partial charge in [0, 0.05) is 10.6 Å². The lowest BCUT2D eigenvalue weighted by atomic mass is 9.91. The molecule has 0 saturated carbocycles. The van der Waals surface area contributed by atoms with E-state index in [1.807, 2.05) is 18.7 Å². The molecule has 0 amide bonds. The van der Waals surface area contributed by atoms with Crippen molar-refractivity contribution in [3.05, 3.63) is 15.6 Å². The number of nitrogens with zero attached hydrogens (tertiary/aromatic N) is 1. The van der Waals surface area contributed by atoms with Crippen LogP contribution in [0, 0.1) is 0 Å². The van der Waals surface area contributed by atoms with Gasteiger partial charge >= 0.3 is 5.97 Å². The van der Waals surface area contributed by atoms with Crippen molar-refractivity contribution < 1.29 is 9.53 Å². The molecule has 18 heavy (non-hydrogen) atoms. The summed E-state index contributed by atoms with van der Waals surface area (Å²) in [6, 6.07) is 0. The number of rotatable bonds is 5. The van der Waals surface area contributed by atoms with Crippen LogP contribution >= 0.6 is 23.1 Å². The normalized spacial score (nSPS) is 18.4. The second-order valence-electron chi connectivity index (χ2n) is 4.25. The van der Waals surface area contributed by atoms with E-state index in [9.17, 15) is 4.79 Å². The molecule has 1 aromatic rings. The van der Waals surface area contributed by atoms with Gasteiger partial charge in [-0.3, -0.25) is 4.79 Å². The third-order valence-electron chi connectivity index (χ3n) is 3.00. The zero-order chi connectivity index (χ0) is 13.0. The summed E-state index contributed by atoms with van der Waals surface area (Å²) in [5.41, 5.74) is 0.997. The molecule has 3 nitrogen and oxygen atoms in total. The predicted octanol–water partition coefficient (Wildman–Crippen LogP) is 3.38. The highest BCUT2D eigenvalue weighted by molar-refractivity contribution is 7.98. The summed E-state index contributed by atoms with van der Waals surface area (Å²) in [6.45, 7) is 4.46. The predicted molar refractivity (Wildman–Crippen MR) is 76.3 cm³/mol. The van der Waals surface area contributed by atoms with E-state index in [-0.39, 0.29) is 11.9 Å². The maximum atomic E-state index is 11.9. The van der Waals surface area contributed by atoms with Crippen LogP contribution < -0.4 is 0 Å². The van der Waals surface area contributed by atoms with E-state index < -0.39 is 0 Å². The second kappa shape index (κ2) is 6.57. The lowest BCUT2D eigenvalue weighted by Gasteiger charge is -2.19. The topological polar surface area (TPSA) is 39.2 Å². The smallest absolute Gasteiger partial charge is 0.315 e. The van der Waals surface area contributed by atoms with Crippen molar-refractivity contribution in [1.29, 1.82) is 0 Å². The summed E-state index contributed by atoms with van der Waals surface area (Å²) in [7, 11) is 0. The van der Waals surface area contributed by atoms with Gasteiger partial charge in [0.2, 0.25) is 0 Å². The first-order valence-electron chi connectivity index (χ1n) is 6.49. The van der Waals surface area contributed by atoms with Crippen LogP contribution in [0.5, 0.6) is 0 Å². The molecule has 1 aromatic heterocycles. The van der Waals surface area contributed by atoms with E-state index in [1.54, 1.807) is 11.3 Å². The number of hydrogen-bond donors (Lipinski definition) is 0. The summed E-state index contributed by atoms with van der Waals surface area (Å²) in [5, 5.41) is 1.16. The van der Waals surface area contributed by atoms with Crippen molar-refractivity contribution in [2.24, 2.45) is 0 Å². The number of esters is 1. The molecule has 0 aliphatic heterocycles. The molecule has 0 spiro atoms. The Morgan fingerprint density at radius 1 is 1.56 bits per heavy atom. The van der Waals surface area contributed by atoms with Crippen molar-refractivity contribution >= 4 is 29.1 Å². The number of thioether (sulfide) groups is 1. The molecule has 1 aliphatic carbocycles. The molecule has 0 radical (unpaired) electrons. The van der Waals surface area contributed by atoms with Crippen molar-refractivity contribution in [3.63, 3.8) is 0 Å². The Kier molecular flexibility index (Phi) is 5.06. The Bertz CT molecular complexity index is 417. The lowest BCUT2D eigenvalue weighted by molar-refractivity contribution is -0.145. The summed E-state index contributed by atoms with van der Waals surface area (Å²) >= 11 is 3.65. The molecular formula is C13H19NO2S2. The second-order valence-corrected chi connectivity index (χ2v) is 6.69. The molecule has 100 valence electrons. The standard InChI is InChI=1S/C13H19NO2S2/c1-3-16-13(15)9-6-5-7-10-12(9)14-11(18-10)8-17-4-2/h9H,3-8H2,1-2H3. The summed E-state index contributed by atoms with van der Waals surface area (Å²) in [5.74, 6) is 1.85. The average Bonchev–Trinajstić information content (AvgIpc) is 2.79. The first-order valence-corrected chi connectivity index (χ1v) is 8.46. The molecule has 0 bridgehead atoms. The summed E-state index contributed by atoms with van der Waals surface area (Å²) < 4.78 is 5.15. The third-order valence-corrected chi connectivity index (χ3v) is 5.20. The minimum atomic E-state index is -0.120. The lowest BCUT2D eigenvalue weighted by Crippen LogP contribution is -2.20. The van der Waals surface area contributed by atoms with Gasteiger partial charge in [0.15, 0.2) is 0 Å². The zero-order valence-corrected chi connectivity index (χ0v) is 12.5. The van der Waals surface area contributed by atoms with Gasteiger partial charge in [0.1, 0.15) is 10.9 Å². The first-order chi connectivity index (χ1) is 8.76. The molecule has 0 N–H and O–H groups in total. The molecule has 5 heteroatoms. The molecular weight excluding hydrogens is 266 g/mol. The van der Waals surface area contributed by atoms with E-state index in [0.717, 1.165) is 41.5 Å². The van der Waals surface area contributed by atoms with Gasteiger partial charge < -0.3 is 4.74 Å². The van der Waals surface area contributed by atoms with Gasteiger partial charge in [-0.2, -0.15) is 11.8 Å². The average molecular weight is 285 g/mol. The van der Waals surface area contributed by atoms with Crippen molar-refractivity contribution in [2.75, 3.05) is 12.4 Å². The van der Waals surface area contributed by atoms with Crippen molar-refractivity contribution in [1.82, 2.24) is 4.98 Å². The third kappa shape index (κ3) is 3.06. The van der Waals surface area contributed by atoms with Crippen LogP contribution in [0.25, 0.3) is 0 Å². The Morgan fingerprint density at radius 2 is 2.39 bits per heavy atom. The van der Waals surface area contributed by atoms with E-state index in [2.05, 4.69) is 11.9 Å². The SMILES string of the molecule is CCOC(=O)C1CCCc2sc(CSCC)nc21. The van der Waals surface area contributed by atoms with Gasteiger partial charge in [-0.1, -0.05) is 6.92 Å². The van der Waals surface area contributed by atoms with Crippen LogP contribution in [0.4, 0.5) is 0 Å². The van der Waals surface area contributed by atoms with Crippen LogP contribution in [-0.2, 0) is 21.7 Å². The molecule has 0 fully saturated rings. The summed E-state index contributed by atoms with van der Waals surface area (Å²) in [6.07, 6.45) is 3.02. The Hall–Kier alpha value is -0.550. The van der Waals surface area contributed by atoms with Crippen LogP contribution in [-0.4, -0.2) is 23.3 Å². The first kappa shape index (κ1) is 13.9. The fourth-order valence-corrected chi connectivity index (χ4v) is 4.09. The van der Waals surface area contributed by atoms with Gasteiger partial charge in [-0.05, 0) is 31.9 Å². The van der Waals surface area contributed by atoms with Crippen LogP contribution in [0.3, 0.4) is 0 Å². The number of carbonyl (C=O) groups excluding carboxylic acids is 1. The molecule has 0 saturated heterocycles. The quantitative estimate of drug-likeness (QED) is 0.778. The maximum Gasteiger partial charge on any atom is 0.315 e. The Balaban J connectivity index is 2.15. The maximum absolute atomic E-state index is 11.9. The molecule has 1 atom stereocenters. The number of ether oxygens (including phenoxy) is 1. The van der Waals surface area contributed by atoms with Gasteiger partial charge in [0.05, 0.1) is 12.3 Å². The minimum Gasteiger partial charge on any atom is -0.465 e. The molecule has 2 rings (SSSR count). The van der Waals surface area contributed by atoms with E-state index in [4.69, 9.17) is 4.74 Å². The number of carbonyl (C=O) groups is 1. The van der Waals surface area contributed by atoms with Crippen LogP contribution in [0.1, 0.15) is 48.2 Å². The number of aryl methyl sites for hydroxylation is 1. The Morgan fingerprint density at radius 3 is 3.11 bits per heavy atom. The molecule has 1 heterocycles. The van der Waals surface area contributed by atoms with Crippen molar-refractivity contribution in [3.8, 4) is 0 Å². The minimum absolute atomic E-state index is 0.0987. The molecule has 1 unspecified atom stereocenters. The zero-order valence-electron chi connectivity index (χ0n) is 10.9. The number of aromatic nitrogens is 1. The van der Waals surface area contributed by atoms with Gasteiger partial charge in [0.25, 0.3) is 0 Å². The highest BCUT2D eigenvalue weighted by Gasteiger charge is 2.31. The van der Waals surface area contributed by atoms with Crippen LogP contribution in [0.2, 0.25) is 0 Å². The molecule has 0 aromatic carbocycles. The summed E-state index contributed by atoms with van der Waals surface area (Å²) in [4.78, 5) is 17.9. The van der Waals surface area contributed by atoms with E-state index in [0.29, 0.717) is 6.61 Å². The fraction of sp³-hybridized carbons (Fsp3) is 0.692. The highest BCUT2D eigenvalue weighted by Crippen LogP contribution is 2.36.